The molecule has 108 valence electrons. The highest BCUT2D eigenvalue weighted by atomic mass is 32.2. The second kappa shape index (κ2) is 6.02. The summed E-state index contributed by atoms with van der Waals surface area (Å²) in [6, 6.07) is 6.73. The molecule has 1 heterocycles. The highest BCUT2D eigenvalue weighted by molar-refractivity contribution is 7.88. The number of sulfonamides is 1. The van der Waals surface area contributed by atoms with Crippen LogP contribution in [0.1, 0.15) is 17.3 Å². The molecule has 2 aromatic rings. The molecule has 0 atom stereocenters. The highest BCUT2D eigenvalue weighted by Gasteiger charge is 2.11. The van der Waals surface area contributed by atoms with Crippen LogP contribution in [0.3, 0.4) is 0 Å². The molecule has 8 heteroatoms. The van der Waals surface area contributed by atoms with Gasteiger partial charge in [0.2, 0.25) is 15.9 Å². The molecule has 0 aliphatic carbocycles. The average molecular weight is 296 g/mol. The van der Waals surface area contributed by atoms with Gasteiger partial charge in [-0.2, -0.15) is 4.98 Å². The maximum absolute atomic E-state index is 11.9. The molecule has 1 aromatic heterocycles. The lowest BCUT2D eigenvalue weighted by Crippen LogP contribution is -2.27. The first-order valence-corrected chi connectivity index (χ1v) is 7.71. The van der Waals surface area contributed by atoms with Gasteiger partial charge in [0.1, 0.15) is 0 Å². The van der Waals surface area contributed by atoms with Crippen LogP contribution in [-0.2, 0) is 22.2 Å². The molecule has 0 aliphatic rings. The van der Waals surface area contributed by atoms with Crippen LogP contribution < -0.4 is 10.5 Å². The summed E-state index contributed by atoms with van der Waals surface area (Å²) in [6.45, 7) is 1.91. The number of nitrogens with two attached hydrogens (primary N) is 1. The molecule has 0 aliphatic heterocycles. The minimum Gasteiger partial charge on any atom is -0.399 e. The van der Waals surface area contributed by atoms with E-state index in [0.717, 1.165) is 0 Å². The van der Waals surface area contributed by atoms with Crippen molar-refractivity contribution in [3.63, 3.8) is 0 Å². The van der Waals surface area contributed by atoms with Crippen molar-refractivity contribution < 1.29 is 12.9 Å². The fourth-order valence-electron chi connectivity index (χ4n) is 1.65. The molecule has 1 aromatic carbocycles. The van der Waals surface area contributed by atoms with E-state index in [1.165, 1.54) is 0 Å². The molecule has 2 rings (SSSR count). The fourth-order valence-corrected chi connectivity index (χ4v) is 2.79. The summed E-state index contributed by atoms with van der Waals surface area (Å²) in [5.74, 6) is 0.862. The van der Waals surface area contributed by atoms with Crippen molar-refractivity contribution in [2.75, 3.05) is 12.3 Å². The van der Waals surface area contributed by atoms with Crippen molar-refractivity contribution in [1.29, 1.82) is 0 Å². The predicted molar refractivity (Wildman–Crippen MR) is 74.2 cm³/mol. The van der Waals surface area contributed by atoms with Gasteiger partial charge in [-0.05, 0) is 17.7 Å². The Morgan fingerprint density at radius 3 is 2.60 bits per heavy atom. The van der Waals surface area contributed by atoms with Gasteiger partial charge in [0.25, 0.3) is 0 Å². The monoisotopic (exact) mass is 296 g/mol. The third-order valence-corrected chi connectivity index (χ3v) is 3.93. The second-order valence-electron chi connectivity index (χ2n) is 4.37. The smallest absolute Gasteiger partial charge is 0.223 e. The molecule has 0 radical (unpaired) electrons. The second-order valence-corrected chi connectivity index (χ2v) is 6.18. The molecule has 3 N–H and O–H groups in total. The molecule has 0 fully saturated rings. The zero-order chi connectivity index (χ0) is 14.6. The lowest BCUT2D eigenvalue weighted by Gasteiger charge is -2.06. The van der Waals surface area contributed by atoms with E-state index in [1.807, 2.05) is 0 Å². The number of benzene rings is 1. The summed E-state index contributed by atoms with van der Waals surface area (Å²) < 4.78 is 31.1. The normalized spacial score (nSPS) is 11.7. The summed E-state index contributed by atoms with van der Waals surface area (Å²) in [4.78, 5) is 4.00. The Balaban J connectivity index is 1.86. The van der Waals surface area contributed by atoms with Gasteiger partial charge in [0.15, 0.2) is 5.82 Å². The van der Waals surface area contributed by atoms with E-state index < -0.39 is 10.0 Å². The Labute approximate surface area is 117 Å². The number of aromatic nitrogens is 2. The highest BCUT2D eigenvalue weighted by Crippen LogP contribution is 2.08. The quantitative estimate of drug-likeness (QED) is 0.756. The molecule has 20 heavy (non-hydrogen) atoms. The summed E-state index contributed by atoms with van der Waals surface area (Å²) in [5.41, 5.74) is 6.83. The fraction of sp³-hybridized carbons (Fsp3) is 0.333. The number of nitrogens with zero attached hydrogens (tertiary/aromatic N) is 2. The molecule has 0 bridgehead atoms. The maximum Gasteiger partial charge on any atom is 0.223 e. The van der Waals surface area contributed by atoms with E-state index >= 15 is 0 Å². The van der Waals surface area contributed by atoms with Gasteiger partial charge >= 0.3 is 0 Å². The maximum atomic E-state index is 11.9. The number of nitrogens with one attached hydrogen (secondary N) is 1. The molecular formula is C12H16N4O3S. The van der Waals surface area contributed by atoms with E-state index in [-0.39, 0.29) is 12.3 Å². The van der Waals surface area contributed by atoms with Crippen LogP contribution in [0.2, 0.25) is 0 Å². The van der Waals surface area contributed by atoms with Crippen LogP contribution in [0, 0.1) is 6.92 Å². The molecular weight excluding hydrogens is 280 g/mol. The van der Waals surface area contributed by atoms with Gasteiger partial charge in [-0.3, -0.25) is 0 Å². The van der Waals surface area contributed by atoms with Crippen LogP contribution in [0.4, 0.5) is 5.69 Å². The van der Waals surface area contributed by atoms with Gasteiger partial charge in [-0.25, -0.2) is 13.1 Å². The molecule has 7 nitrogen and oxygen atoms in total. The van der Waals surface area contributed by atoms with Crippen LogP contribution in [0.5, 0.6) is 0 Å². The molecule has 0 saturated carbocycles. The number of hydrogen-bond donors (Lipinski definition) is 2. The zero-order valence-corrected chi connectivity index (χ0v) is 11.9. The van der Waals surface area contributed by atoms with Crippen LogP contribution in [-0.4, -0.2) is 25.1 Å². The summed E-state index contributed by atoms with van der Waals surface area (Å²) in [6.07, 6.45) is 0.387. The van der Waals surface area contributed by atoms with Gasteiger partial charge in [-0.1, -0.05) is 17.3 Å². The van der Waals surface area contributed by atoms with Crippen molar-refractivity contribution >= 4 is 15.7 Å². The Kier molecular flexibility index (Phi) is 4.35. The Bertz CT molecular complexity index is 664. The third-order valence-electron chi connectivity index (χ3n) is 2.58. The first-order valence-electron chi connectivity index (χ1n) is 6.05. The summed E-state index contributed by atoms with van der Waals surface area (Å²) >= 11 is 0. The molecule has 0 spiro atoms. The van der Waals surface area contributed by atoms with E-state index in [1.54, 1.807) is 31.2 Å². The molecule has 0 unspecified atom stereocenters. The lowest BCUT2D eigenvalue weighted by atomic mass is 10.2. The first kappa shape index (κ1) is 14.5. The van der Waals surface area contributed by atoms with Crippen molar-refractivity contribution in [2.45, 2.75) is 19.1 Å². The van der Waals surface area contributed by atoms with Crippen LogP contribution >= 0.6 is 0 Å². The van der Waals surface area contributed by atoms with Crippen molar-refractivity contribution in [3.8, 4) is 0 Å². The summed E-state index contributed by atoms with van der Waals surface area (Å²) in [7, 11) is -3.39. The Morgan fingerprint density at radius 1 is 1.30 bits per heavy atom. The Morgan fingerprint density at radius 2 is 2.00 bits per heavy atom. The topological polar surface area (TPSA) is 111 Å². The van der Waals surface area contributed by atoms with Gasteiger partial charge < -0.3 is 10.3 Å². The van der Waals surface area contributed by atoms with E-state index in [2.05, 4.69) is 14.9 Å². The minimum atomic E-state index is -3.39. The van der Waals surface area contributed by atoms with Crippen molar-refractivity contribution in [2.24, 2.45) is 0 Å². The van der Waals surface area contributed by atoms with Crippen LogP contribution in [0.15, 0.2) is 28.8 Å². The number of hydrogen-bond acceptors (Lipinski definition) is 6. The number of rotatable bonds is 6. The van der Waals surface area contributed by atoms with Crippen molar-refractivity contribution in [3.05, 3.63) is 41.5 Å². The van der Waals surface area contributed by atoms with Crippen LogP contribution in [0.25, 0.3) is 0 Å². The van der Waals surface area contributed by atoms with E-state index in [0.29, 0.717) is 29.4 Å². The molecule has 0 saturated heterocycles. The predicted octanol–water partition coefficient (Wildman–Crippen LogP) is 0.622. The SMILES string of the molecule is Cc1nc(CCNS(=O)(=O)Cc2ccc(N)cc2)no1. The average Bonchev–Trinajstić information content (AvgIpc) is 2.77. The lowest BCUT2D eigenvalue weighted by molar-refractivity contribution is 0.387. The number of anilines is 1. The Hall–Kier alpha value is -1.93. The minimum absolute atomic E-state index is 0.0848. The third kappa shape index (κ3) is 4.32. The number of aryl methyl sites for hydroxylation is 1. The first-order chi connectivity index (χ1) is 9.44. The summed E-state index contributed by atoms with van der Waals surface area (Å²) in [5, 5.41) is 3.69. The molecule has 0 amide bonds. The van der Waals surface area contributed by atoms with E-state index in [9.17, 15) is 8.42 Å². The van der Waals surface area contributed by atoms with Gasteiger partial charge in [-0.15, -0.1) is 0 Å². The van der Waals surface area contributed by atoms with Gasteiger partial charge in [0.05, 0.1) is 5.75 Å². The zero-order valence-electron chi connectivity index (χ0n) is 11.0. The standard InChI is InChI=1S/C12H16N4O3S/c1-9-15-12(16-19-9)6-7-14-20(17,18)8-10-2-4-11(13)5-3-10/h2-5,14H,6-8,13H2,1H3. The van der Waals surface area contributed by atoms with E-state index in [4.69, 9.17) is 10.3 Å². The number of nitrogen functional groups attached to an aromatic ring is 1. The van der Waals surface area contributed by atoms with Crippen molar-refractivity contribution in [1.82, 2.24) is 14.9 Å². The largest absolute Gasteiger partial charge is 0.399 e. The van der Waals surface area contributed by atoms with Gasteiger partial charge in [0, 0.05) is 25.6 Å².